The number of carbonyl (C=O) groups excluding carboxylic acids is 1. The molecule has 11 nitrogen and oxygen atoms in total. The van der Waals surface area contributed by atoms with Crippen LogP contribution in [0.5, 0.6) is 0 Å². The fourth-order valence-electron chi connectivity index (χ4n) is 6.90. The minimum Gasteiger partial charge on any atom is -0.479 e. The molecule has 0 spiro atoms. The fraction of sp³-hybridized carbons (Fsp3) is 0.951. The molecule has 11 heteroatoms. The Morgan fingerprint density at radius 3 is 1.83 bits per heavy atom. The van der Waals surface area contributed by atoms with Crippen molar-refractivity contribution in [2.45, 2.75) is 219 Å². The molecule has 2 N–H and O–H groups in total. The van der Waals surface area contributed by atoms with Crippen LogP contribution in [0.2, 0.25) is 0 Å². The van der Waals surface area contributed by atoms with Gasteiger partial charge >= 0.3 is 5.97 Å². The number of carboxylic acid groups (broad SMARTS) is 1. The number of nitrogens with one attached hydrogen (secondary N) is 1. The molecule has 0 radical (unpaired) electrons. The summed E-state index contributed by atoms with van der Waals surface area (Å²) in [7, 11) is 0. The first-order valence-electron chi connectivity index (χ1n) is 21.0. The average molecular weight is 744 g/mol. The maximum atomic E-state index is 12.4. The predicted octanol–water partition coefficient (Wildman–Crippen LogP) is 8.49. The molecule has 0 aromatic heterocycles. The highest BCUT2D eigenvalue weighted by Crippen LogP contribution is 2.35. The molecule has 2 aliphatic heterocycles. The molecule has 0 aromatic rings. The van der Waals surface area contributed by atoms with E-state index in [9.17, 15) is 14.7 Å². The molecule has 0 saturated carbocycles. The van der Waals surface area contributed by atoms with E-state index < -0.39 is 48.5 Å². The summed E-state index contributed by atoms with van der Waals surface area (Å²) in [4.78, 5) is 24.2. The number of aliphatic carboxylic acids is 1. The molecule has 0 aromatic carbocycles. The van der Waals surface area contributed by atoms with Gasteiger partial charge in [0.1, 0.15) is 30.5 Å². The second-order valence-electron chi connectivity index (χ2n) is 15.4. The van der Waals surface area contributed by atoms with E-state index in [0.29, 0.717) is 19.8 Å². The minimum atomic E-state index is -1.15. The van der Waals surface area contributed by atoms with Crippen molar-refractivity contribution in [2.75, 3.05) is 33.0 Å². The molecule has 2 heterocycles. The molecular weight excluding hydrogens is 666 g/mol. The van der Waals surface area contributed by atoms with Crippen molar-refractivity contribution in [2.24, 2.45) is 0 Å². The number of unbranched alkanes of at least 4 members (excludes halogenated alkanes) is 18. The van der Waals surface area contributed by atoms with Crippen LogP contribution in [0.25, 0.3) is 0 Å². The summed E-state index contributed by atoms with van der Waals surface area (Å²) in [6.45, 7) is 13.0. The molecular formula is C41H77NO10. The zero-order valence-electron chi connectivity index (χ0n) is 33.8. The first-order valence-corrected chi connectivity index (χ1v) is 21.0. The molecule has 7 atom stereocenters. The van der Waals surface area contributed by atoms with Gasteiger partial charge < -0.3 is 43.6 Å². The van der Waals surface area contributed by atoms with Crippen LogP contribution in [0.1, 0.15) is 170 Å². The number of carbonyl (C=O) groups is 2. The van der Waals surface area contributed by atoms with Crippen LogP contribution in [0.4, 0.5) is 0 Å². The largest absolute Gasteiger partial charge is 0.479 e. The Kier molecular flexibility index (Phi) is 25.3. The van der Waals surface area contributed by atoms with Crippen LogP contribution < -0.4 is 5.32 Å². The Morgan fingerprint density at radius 2 is 1.31 bits per heavy atom. The summed E-state index contributed by atoms with van der Waals surface area (Å²) in [5.41, 5.74) is 0. The van der Waals surface area contributed by atoms with Crippen LogP contribution in [0.3, 0.4) is 0 Å². The number of ether oxygens (including phenoxy) is 7. The standard InChI is InChI=1S/C41H77NO10/c1-7-9-11-13-15-17-19-21-23-25-27-46-29-34(47-28-26-24-22-20-18-16-14-12-10-8-2)30-48-40-36(42-33(4)43)38(50-32(3)39(44)45)37-35(51-40)31-49-41(5,6)52-37/h32,34-38,40H,7-31H2,1-6H3,(H,42,43)(H,44,45)/t32-,34+,35-,36-,37-,38-,40-/m1/s1. The summed E-state index contributed by atoms with van der Waals surface area (Å²) in [5, 5.41) is 12.6. The lowest BCUT2D eigenvalue weighted by Crippen LogP contribution is -2.69. The molecule has 52 heavy (non-hydrogen) atoms. The smallest absolute Gasteiger partial charge is 0.332 e. The van der Waals surface area contributed by atoms with E-state index in [1.54, 1.807) is 13.8 Å². The lowest BCUT2D eigenvalue weighted by molar-refractivity contribution is -0.375. The number of amides is 1. The lowest BCUT2D eigenvalue weighted by Gasteiger charge is -2.51. The Bertz CT molecular complexity index is 920. The summed E-state index contributed by atoms with van der Waals surface area (Å²) in [6, 6.07) is -0.829. The maximum Gasteiger partial charge on any atom is 0.332 e. The average Bonchev–Trinajstić information content (AvgIpc) is 3.10. The van der Waals surface area contributed by atoms with Gasteiger partial charge in [0.25, 0.3) is 0 Å². The van der Waals surface area contributed by atoms with Crippen LogP contribution in [-0.4, -0.2) is 98.7 Å². The highest BCUT2D eigenvalue weighted by atomic mass is 16.8. The highest BCUT2D eigenvalue weighted by Gasteiger charge is 2.53. The predicted molar refractivity (Wildman–Crippen MR) is 203 cm³/mol. The third-order valence-corrected chi connectivity index (χ3v) is 9.98. The second kappa shape index (κ2) is 28.1. The summed E-state index contributed by atoms with van der Waals surface area (Å²) < 4.78 is 43.2. The van der Waals surface area contributed by atoms with Crippen molar-refractivity contribution >= 4 is 11.9 Å². The molecule has 306 valence electrons. The van der Waals surface area contributed by atoms with E-state index in [4.69, 9.17) is 33.2 Å². The molecule has 0 aliphatic carbocycles. The molecule has 0 bridgehead atoms. The number of hydrogen-bond acceptors (Lipinski definition) is 9. The summed E-state index contributed by atoms with van der Waals surface area (Å²) in [6.07, 6.45) is 20.6. The van der Waals surface area contributed by atoms with E-state index in [1.807, 2.05) is 0 Å². The van der Waals surface area contributed by atoms with Crippen molar-refractivity contribution in [1.29, 1.82) is 0 Å². The van der Waals surface area contributed by atoms with Crippen molar-refractivity contribution in [3.8, 4) is 0 Å². The minimum absolute atomic E-state index is 0.169. The van der Waals surface area contributed by atoms with Crippen molar-refractivity contribution in [1.82, 2.24) is 5.32 Å². The van der Waals surface area contributed by atoms with Crippen LogP contribution in [0.15, 0.2) is 0 Å². The Labute approximate surface area is 316 Å². The first kappa shape index (κ1) is 46.8. The summed E-state index contributed by atoms with van der Waals surface area (Å²) in [5.74, 6) is -2.38. The van der Waals surface area contributed by atoms with Crippen LogP contribution in [-0.2, 0) is 42.7 Å². The van der Waals surface area contributed by atoms with Crippen molar-refractivity contribution in [3.05, 3.63) is 0 Å². The maximum absolute atomic E-state index is 12.4. The Hall–Kier alpha value is -1.34. The van der Waals surface area contributed by atoms with E-state index in [2.05, 4.69) is 19.2 Å². The van der Waals surface area contributed by atoms with Crippen LogP contribution >= 0.6 is 0 Å². The normalized spacial score (nSPS) is 23.9. The molecule has 0 unspecified atom stereocenters. The van der Waals surface area contributed by atoms with Gasteiger partial charge in [0.05, 0.1) is 19.8 Å². The van der Waals surface area contributed by atoms with Gasteiger partial charge in [0.15, 0.2) is 18.2 Å². The van der Waals surface area contributed by atoms with Gasteiger partial charge in [-0.1, -0.05) is 129 Å². The number of carboxylic acids is 1. The highest BCUT2D eigenvalue weighted by molar-refractivity contribution is 5.73. The first-order chi connectivity index (χ1) is 25.1. The number of rotatable bonds is 32. The number of hydrogen-bond donors (Lipinski definition) is 2. The van der Waals surface area contributed by atoms with Gasteiger partial charge in [-0.05, 0) is 33.6 Å². The third-order valence-electron chi connectivity index (χ3n) is 9.98. The van der Waals surface area contributed by atoms with Crippen LogP contribution in [0, 0.1) is 0 Å². The zero-order valence-corrected chi connectivity index (χ0v) is 33.8. The monoisotopic (exact) mass is 744 g/mol. The van der Waals surface area contributed by atoms with Crippen molar-refractivity contribution < 1.29 is 47.9 Å². The van der Waals surface area contributed by atoms with Gasteiger partial charge in [-0.3, -0.25) is 4.79 Å². The third kappa shape index (κ3) is 20.4. The topological polar surface area (TPSA) is 131 Å². The second-order valence-corrected chi connectivity index (χ2v) is 15.4. The Balaban J connectivity index is 1.94. The van der Waals surface area contributed by atoms with Gasteiger partial charge in [-0.2, -0.15) is 0 Å². The molecule has 1 amide bonds. The van der Waals surface area contributed by atoms with E-state index in [0.717, 1.165) is 25.7 Å². The zero-order chi connectivity index (χ0) is 38.0. The molecule has 2 aliphatic rings. The summed E-state index contributed by atoms with van der Waals surface area (Å²) >= 11 is 0. The quantitative estimate of drug-likeness (QED) is 0.0647. The fourth-order valence-corrected chi connectivity index (χ4v) is 6.90. The van der Waals surface area contributed by atoms with E-state index in [-0.39, 0.29) is 25.2 Å². The van der Waals surface area contributed by atoms with Gasteiger partial charge in [0.2, 0.25) is 5.91 Å². The molecule has 2 fully saturated rings. The Morgan fingerprint density at radius 1 is 0.788 bits per heavy atom. The number of fused-ring (bicyclic) bond motifs is 1. The van der Waals surface area contributed by atoms with E-state index >= 15 is 0 Å². The molecule has 2 saturated heterocycles. The van der Waals surface area contributed by atoms with Crippen molar-refractivity contribution in [3.63, 3.8) is 0 Å². The van der Waals surface area contributed by atoms with Gasteiger partial charge in [-0.15, -0.1) is 0 Å². The van der Waals surface area contributed by atoms with Gasteiger partial charge in [-0.25, -0.2) is 4.79 Å². The molecule has 2 rings (SSSR count). The lowest BCUT2D eigenvalue weighted by atomic mass is 9.94. The van der Waals surface area contributed by atoms with E-state index in [1.165, 1.54) is 117 Å². The SMILES string of the molecule is CCCCCCCCCCCCOC[C@@H](CO[C@@H]1O[C@@H]2COC(C)(C)O[C@H]2[C@H](O[C@H](C)C(=O)O)[C@H]1NC(C)=O)OCCCCCCCCCCCC. The van der Waals surface area contributed by atoms with Gasteiger partial charge in [0, 0.05) is 20.1 Å².